The van der Waals surface area contributed by atoms with Crippen LogP contribution in [0.25, 0.3) is 0 Å². The van der Waals surface area contributed by atoms with Crippen molar-refractivity contribution in [2.24, 2.45) is 0 Å². The van der Waals surface area contributed by atoms with E-state index in [2.05, 4.69) is 23.8 Å². The van der Waals surface area contributed by atoms with E-state index >= 15 is 0 Å². The number of hydrogen-bond acceptors (Lipinski definition) is 4. The molecule has 0 aliphatic rings. The summed E-state index contributed by atoms with van der Waals surface area (Å²) >= 11 is 0. The van der Waals surface area contributed by atoms with Gasteiger partial charge >= 0.3 is 0 Å². The zero-order valence-electron chi connectivity index (χ0n) is 8.33. The van der Waals surface area contributed by atoms with E-state index in [-0.39, 0.29) is 0 Å². The highest BCUT2D eigenvalue weighted by molar-refractivity contribution is 5.99. The Morgan fingerprint density at radius 1 is 1.54 bits per heavy atom. The van der Waals surface area contributed by atoms with Gasteiger partial charge < -0.3 is 11.1 Å². The average Bonchev–Trinajstić information content (AvgIpc) is 2.06. The summed E-state index contributed by atoms with van der Waals surface area (Å²) in [6, 6.07) is 0. The number of hydrogen-bond donors (Lipinski definition) is 2. The maximum absolute atomic E-state index is 7.22. The Bertz CT molecular complexity index is 270. The number of nitrogens with two attached hydrogens (primary N) is 1. The summed E-state index contributed by atoms with van der Waals surface area (Å²) in [6.45, 7) is 5.90. The molecule has 4 nitrogen and oxygen atoms in total. The molecule has 0 atom stereocenters. The highest BCUT2D eigenvalue weighted by Gasteiger charge is 1.99. The molecule has 0 unspecified atom stereocenters. The Hall–Kier alpha value is -1.45. The minimum Gasteiger partial charge on any atom is -0.383 e. The Kier molecular flexibility index (Phi) is 5.43. The predicted octanol–water partition coefficient (Wildman–Crippen LogP) is 1.86. The van der Waals surface area contributed by atoms with Crippen LogP contribution in [0.1, 0.15) is 32.8 Å². The molecule has 0 spiro atoms. The summed E-state index contributed by atoms with van der Waals surface area (Å²) in [5, 5.41) is 7.22. The largest absolute Gasteiger partial charge is 0.383 e. The topological polar surface area (TPSA) is 75.7 Å². The van der Waals surface area contributed by atoms with Crippen LogP contribution in [0, 0.1) is 5.41 Å². The molecule has 1 aromatic heterocycles. The molecule has 4 heteroatoms. The number of rotatable bonds is 1. The lowest BCUT2D eigenvalue weighted by Crippen LogP contribution is -2.02. The molecule has 0 amide bonds. The van der Waals surface area contributed by atoms with Crippen molar-refractivity contribution in [3.63, 3.8) is 0 Å². The van der Waals surface area contributed by atoms with E-state index in [0.717, 1.165) is 0 Å². The molecule has 1 aromatic rings. The van der Waals surface area contributed by atoms with Crippen LogP contribution < -0.4 is 5.73 Å². The number of nitrogens with one attached hydrogen (secondary N) is 1. The van der Waals surface area contributed by atoms with Crippen molar-refractivity contribution in [1.29, 1.82) is 5.41 Å². The molecule has 13 heavy (non-hydrogen) atoms. The van der Waals surface area contributed by atoms with E-state index in [0.29, 0.717) is 17.1 Å². The summed E-state index contributed by atoms with van der Waals surface area (Å²) in [5.74, 6) is 0.363. The Morgan fingerprint density at radius 3 is 2.38 bits per heavy atom. The summed E-state index contributed by atoms with van der Waals surface area (Å²) in [7, 11) is 0. The third-order valence-corrected chi connectivity index (χ3v) is 1.15. The van der Waals surface area contributed by atoms with Crippen LogP contribution in [0.2, 0.25) is 0 Å². The standard InChI is InChI=1S/C6H8N4.C3H8/c1-4(7)5-2-9-3-10-6(5)8;1-3-2/h2-3,7H,1H3,(H2,8,9,10);3H2,1-2H3. The number of nitrogens with zero attached hydrogens (tertiary/aromatic N) is 2. The first-order chi connectivity index (χ1) is 6.13. The van der Waals surface area contributed by atoms with Gasteiger partial charge in [0.2, 0.25) is 0 Å². The predicted molar refractivity (Wildman–Crippen MR) is 54.9 cm³/mol. The zero-order valence-corrected chi connectivity index (χ0v) is 8.33. The molecule has 0 aromatic carbocycles. The number of aromatic nitrogens is 2. The molecule has 72 valence electrons. The van der Waals surface area contributed by atoms with E-state index in [1.54, 1.807) is 6.92 Å². The van der Waals surface area contributed by atoms with E-state index in [1.807, 2.05) is 0 Å². The van der Waals surface area contributed by atoms with E-state index in [9.17, 15) is 0 Å². The lowest BCUT2D eigenvalue weighted by Gasteiger charge is -1.98. The Morgan fingerprint density at radius 2 is 2.08 bits per heavy atom. The van der Waals surface area contributed by atoms with Gasteiger partial charge in [0.05, 0.1) is 5.56 Å². The lowest BCUT2D eigenvalue weighted by molar-refractivity contribution is 1.09. The molecule has 1 heterocycles. The normalized spacial score (nSPS) is 8.54. The van der Waals surface area contributed by atoms with E-state index in [4.69, 9.17) is 11.1 Å². The van der Waals surface area contributed by atoms with Gasteiger partial charge in [0, 0.05) is 11.9 Å². The second-order valence-corrected chi connectivity index (χ2v) is 2.65. The highest BCUT2D eigenvalue weighted by atomic mass is 14.9. The fourth-order valence-corrected chi connectivity index (χ4v) is 0.628. The summed E-state index contributed by atoms with van der Waals surface area (Å²) in [6.07, 6.45) is 4.15. The van der Waals surface area contributed by atoms with Gasteiger partial charge in [0.25, 0.3) is 0 Å². The molecule has 1 rings (SSSR count). The fraction of sp³-hybridized carbons (Fsp3) is 0.444. The van der Waals surface area contributed by atoms with Crippen LogP contribution in [-0.4, -0.2) is 15.7 Å². The van der Waals surface area contributed by atoms with Crippen LogP contribution in [0.5, 0.6) is 0 Å². The Labute approximate surface area is 78.7 Å². The minimum atomic E-state index is 0.363. The van der Waals surface area contributed by atoms with Gasteiger partial charge in [-0.15, -0.1) is 0 Å². The SMILES string of the molecule is CC(=N)c1cncnc1N.CCC. The van der Waals surface area contributed by atoms with Crippen molar-refractivity contribution < 1.29 is 0 Å². The molecular formula is C9H16N4. The van der Waals surface area contributed by atoms with Crippen LogP contribution >= 0.6 is 0 Å². The first kappa shape index (κ1) is 11.6. The smallest absolute Gasteiger partial charge is 0.135 e. The molecule has 3 N–H and O–H groups in total. The van der Waals surface area contributed by atoms with E-state index in [1.165, 1.54) is 18.9 Å². The maximum atomic E-state index is 7.22. The fourth-order valence-electron chi connectivity index (χ4n) is 0.628. The van der Waals surface area contributed by atoms with Crippen LogP contribution in [0.15, 0.2) is 12.5 Å². The quantitative estimate of drug-likeness (QED) is 0.648. The van der Waals surface area contributed by atoms with Crippen molar-refractivity contribution >= 4 is 11.5 Å². The third kappa shape index (κ3) is 4.20. The third-order valence-electron chi connectivity index (χ3n) is 1.15. The molecular weight excluding hydrogens is 164 g/mol. The first-order valence-corrected chi connectivity index (χ1v) is 4.24. The molecule has 0 radical (unpaired) electrons. The van der Waals surface area contributed by atoms with Gasteiger partial charge in [0.15, 0.2) is 0 Å². The van der Waals surface area contributed by atoms with Gasteiger partial charge in [-0.3, -0.25) is 0 Å². The minimum absolute atomic E-state index is 0.363. The Balaban J connectivity index is 0.000000424. The second-order valence-electron chi connectivity index (χ2n) is 2.65. The number of anilines is 1. The summed E-state index contributed by atoms with van der Waals surface area (Å²) < 4.78 is 0. The van der Waals surface area contributed by atoms with Crippen LogP contribution in [-0.2, 0) is 0 Å². The van der Waals surface area contributed by atoms with Crippen molar-refractivity contribution in [1.82, 2.24) is 9.97 Å². The molecule has 0 bridgehead atoms. The summed E-state index contributed by atoms with van der Waals surface area (Å²) in [5.41, 5.74) is 6.42. The number of nitrogen functional groups attached to an aromatic ring is 1. The van der Waals surface area contributed by atoms with Gasteiger partial charge in [-0.2, -0.15) is 0 Å². The van der Waals surface area contributed by atoms with Crippen molar-refractivity contribution in [3.8, 4) is 0 Å². The van der Waals surface area contributed by atoms with Gasteiger partial charge in [-0.05, 0) is 6.92 Å². The lowest BCUT2D eigenvalue weighted by atomic mass is 10.2. The van der Waals surface area contributed by atoms with E-state index < -0.39 is 0 Å². The maximum Gasteiger partial charge on any atom is 0.135 e. The van der Waals surface area contributed by atoms with Crippen LogP contribution in [0.3, 0.4) is 0 Å². The van der Waals surface area contributed by atoms with Gasteiger partial charge in [-0.25, -0.2) is 9.97 Å². The van der Waals surface area contributed by atoms with Crippen LogP contribution in [0.4, 0.5) is 5.82 Å². The zero-order chi connectivity index (χ0) is 10.3. The monoisotopic (exact) mass is 180 g/mol. The molecule has 0 saturated carbocycles. The second kappa shape index (κ2) is 6.11. The molecule has 0 saturated heterocycles. The van der Waals surface area contributed by atoms with Crippen molar-refractivity contribution in [2.75, 3.05) is 5.73 Å². The molecule has 0 aliphatic carbocycles. The van der Waals surface area contributed by atoms with Gasteiger partial charge in [0.1, 0.15) is 12.1 Å². The average molecular weight is 180 g/mol. The molecule has 0 fully saturated rings. The van der Waals surface area contributed by atoms with Crippen molar-refractivity contribution in [3.05, 3.63) is 18.1 Å². The van der Waals surface area contributed by atoms with Gasteiger partial charge in [-0.1, -0.05) is 20.3 Å². The summed E-state index contributed by atoms with van der Waals surface area (Å²) in [4.78, 5) is 7.46. The van der Waals surface area contributed by atoms with Crippen molar-refractivity contribution in [2.45, 2.75) is 27.2 Å². The molecule has 0 aliphatic heterocycles. The highest BCUT2D eigenvalue weighted by Crippen LogP contribution is 2.04. The first-order valence-electron chi connectivity index (χ1n) is 4.24.